The van der Waals surface area contributed by atoms with Crippen LogP contribution < -0.4 is 0 Å². The van der Waals surface area contributed by atoms with Crippen molar-refractivity contribution >= 4 is 27.2 Å². The number of nitro groups is 1. The van der Waals surface area contributed by atoms with Crippen molar-refractivity contribution in [1.29, 1.82) is 0 Å². The van der Waals surface area contributed by atoms with Gasteiger partial charge in [0.15, 0.2) is 6.29 Å². The molecule has 32 heavy (non-hydrogen) atoms. The molecule has 3 aromatic heterocycles. The molecule has 0 atom stereocenters. The highest BCUT2D eigenvalue weighted by atomic mass is 32.1. The van der Waals surface area contributed by atoms with Crippen molar-refractivity contribution in [1.82, 2.24) is 9.97 Å². The van der Waals surface area contributed by atoms with Crippen LogP contribution in [0.25, 0.3) is 20.8 Å². The molecule has 0 saturated carbocycles. The fraction of sp³-hybridized carbons (Fsp3) is 0.217. The lowest BCUT2D eigenvalue weighted by molar-refractivity contribution is -0.385. The summed E-state index contributed by atoms with van der Waals surface area (Å²) in [6.45, 7) is 1.35. The summed E-state index contributed by atoms with van der Waals surface area (Å²) >= 11 is 1.53. The molecule has 0 unspecified atom stereocenters. The first-order valence-electron chi connectivity index (χ1n) is 10.1. The number of ether oxygens (including phenoxy) is 2. The number of benzene rings is 1. The normalized spacial score (nSPS) is 14.7. The molecule has 162 valence electrons. The van der Waals surface area contributed by atoms with Crippen LogP contribution >= 0.6 is 11.3 Å². The molecule has 4 heterocycles. The van der Waals surface area contributed by atoms with E-state index in [4.69, 9.17) is 9.47 Å². The summed E-state index contributed by atoms with van der Waals surface area (Å²) in [4.78, 5) is 20.2. The van der Waals surface area contributed by atoms with Crippen LogP contribution in [0.5, 0.6) is 0 Å². The molecule has 4 aromatic rings. The van der Waals surface area contributed by atoms with Crippen molar-refractivity contribution in [3.63, 3.8) is 0 Å². The van der Waals surface area contributed by atoms with Crippen molar-refractivity contribution < 1.29 is 18.8 Å². The minimum absolute atomic E-state index is 0.261. The zero-order valence-electron chi connectivity index (χ0n) is 16.9. The van der Waals surface area contributed by atoms with Gasteiger partial charge < -0.3 is 9.47 Å². The molecule has 7 nitrogen and oxygen atoms in total. The SMILES string of the molecule is O=[N+]([O-])c1ccc(Cc2ccnc3cc(-c4ccc(C5OCCCO5)cn4)sc23)c(F)c1. The average molecular weight is 451 g/mol. The second-order valence-corrected chi connectivity index (χ2v) is 8.46. The van der Waals surface area contributed by atoms with Gasteiger partial charge in [-0.05, 0) is 41.8 Å². The molecule has 5 rings (SSSR count). The minimum Gasteiger partial charge on any atom is -0.348 e. The summed E-state index contributed by atoms with van der Waals surface area (Å²) in [6, 6.07) is 11.4. The third kappa shape index (κ3) is 4.10. The van der Waals surface area contributed by atoms with E-state index in [-0.39, 0.29) is 12.0 Å². The summed E-state index contributed by atoms with van der Waals surface area (Å²) in [5.74, 6) is -0.592. The maximum Gasteiger partial charge on any atom is 0.272 e. The molecule has 0 bridgehead atoms. The Balaban J connectivity index is 1.43. The van der Waals surface area contributed by atoms with Gasteiger partial charge in [0, 0.05) is 30.4 Å². The molecule has 0 amide bonds. The molecule has 0 aliphatic carbocycles. The molecule has 1 aromatic carbocycles. The number of hydrogen-bond donors (Lipinski definition) is 0. The largest absolute Gasteiger partial charge is 0.348 e. The molecule has 0 N–H and O–H groups in total. The van der Waals surface area contributed by atoms with E-state index in [1.54, 1.807) is 12.4 Å². The van der Waals surface area contributed by atoms with Crippen LogP contribution in [0.1, 0.15) is 29.4 Å². The monoisotopic (exact) mass is 451 g/mol. The number of fused-ring (bicyclic) bond motifs is 1. The van der Waals surface area contributed by atoms with Gasteiger partial charge in [0.25, 0.3) is 5.69 Å². The molecule has 1 fully saturated rings. The van der Waals surface area contributed by atoms with E-state index in [9.17, 15) is 14.5 Å². The topological polar surface area (TPSA) is 87.4 Å². The summed E-state index contributed by atoms with van der Waals surface area (Å²) in [6.07, 6.45) is 4.27. The highest BCUT2D eigenvalue weighted by molar-refractivity contribution is 7.22. The fourth-order valence-electron chi connectivity index (χ4n) is 3.63. The molecule has 1 saturated heterocycles. The van der Waals surface area contributed by atoms with Crippen LogP contribution in [0, 0.1) is 15.9 Å². The first-order chi connectivity index (χ1) is 15.6. The number of non-ortho nitro benzene ring substituents is 1. The van der Waals surface area contributed by atoms with E-state index in [1.165, 1.54) is 23.5 Å². The van der Waals surface area contributed by atoms with E-state index >= 15 is 0 Å². The Morgan fingerprint density at radius 2 is 1.94 bits per heavy atom. The summed E-state index contributed by atoms with van der Waals surface area (Å²) in [7, 11) is 0. The molecular formula is C23H18FN3O4S. The number of halogens is 1. The number of rotatable bonds is 5. The third-order valence-corrected chi connectivity index (χ3v) is 6.48. The zero-order chi connectivity index (χ0) is 22.1. The lowest BCUT2D eigenvalue weighted by Gasteiger charge is -2.23. The number of aromatic nitrogens is 2. The van der Waals surface area contributed by atoms with Crippen LogP contribution in [-0.2, 0) is 15.9 Å². The quantitative estimate of drug-likeness (QED) is 0.297. The number of nitrogens with zero attached hydrogens (tertiary/aromatic N) is 3. The van der Waals surface area contributed by atoms with Crippen LogP contribution in [0.2, 0.25) is 0 Å². The van der Waals surface area contributed by atoms with E-state index < -0.39 is 10.7 Å². The third-order valence-electron chi connectivity index (χ3n) is 5.26. The van der Waals surface area contributed by atoms with Gasteiger partial charge in [0.1, 0.15) is 5.82 Å². The van der Waals surface area contributed by atoms with Gasteiger partial charge >= 0.3 is 0 Å². The van der Waals surface area contributed by atoms with E-state index in [1.807, 2.05) is 24.3 Å². The Hall–Kier alpha value is -3.27. The molecular weight excluding hydrogens is 433 g/mol. The Morgan fingerprint density at radius 3 is 2.66 bits per heavy atom. The van der Waals surface area contributed by atoms with Crippen molar-refractivity contribution in [3.05, 3.63) is 87.5 Å². The van der Waals surface area contributed by atoms with Crippen LogP contribution in [0.3, 0.4) is 0 Å². The van der Waals surface area contributed by atoms with Crippen molar-refractivity contribution in [2.24, 2.45) is 0 Å². The van der Waals surface area contributed by atoms with Crippen LogP contribution in [0.15, 0.2) is 54.9 Å². The Labute approximate surface area is 186 Å². The molecule has 0 radical (unpaired) electrons. The summed E-state index contributed by atoms with van der Waals surface area (Å²) < 4.78 is 26.6. The number of nitro benzene ring substituents is 1. The van der Waals surface area contributed by atoms with Gasteiger partial charge in [0.2, 0.25) is 0 Å². The average Bonchev–Trinajstić information content (AvgIpc) is 3.26. The van der Waals surface area contributed by atoms with Gasteiger partial charge in [-0.1, -0.05) is 6.07 Å². The smallest absolute Gasteiger partial charge is 0.272 e. The van der Waals surface area contributed by atoms with Crippen molar-refractivity contribution in [2.45, 2.75) is 19.1 Å². The number of thiophene rings is 1. The van der Waals surface area contributed by atoms with Gasteiger partial charge in [-0.2, -0.15) is 0 Å². The first kappa shape index (κ1) is 20.6. The van der Waals surface area contributed by atoms with Gasteiger partial charge in [-0.3, -0.25) is 20.1 Å². The van der Waals surface area contributed by atoms with Gasteiger partial charge in [0.05, 0.1) is 45.0 Å². The highest BCUT2D eigenvalue weighted by Crippen LogP contribution is 2.35. The summed E-state index contributed by atoms with van der Waals surface area (Å²) in [5, 5.41) is 10.9. The predicted molar refractivity (Wildman–Crippen MR) is 118 cm³/mol. The lowest BCUT2D eigenvalue weighted by atomic mass is 10.0. The fourth-order valence-corrected chi connectivity index (χ4v) is 4.73. The van der Waals surface area contributed by atoms with E-state index in [0.717, 1.165) is 44.4 Å². The molecule has 9 heteroatoms. The second-order valence-electron chi connectivity index (χ2n) is 7.41. The second kappa shape index (κ2) is 8.70. The number of pyridine rings is 2. The van der Waals surface area contributed by atoms with Gasteiger partial charge in [-0.15, -0.1) is 11.3 Å². The maximum atomic E-state index is 14.4. The van der Waals surface area contributed by atoms with Crippen LogP contribution in [-0.4, -0.2) is 28.1 Å². The van der Waals surface area contributed by atoms with Crippen LogP contribution in [0.4, 0.5) is 10.1 Å². The Bertz CT molecular complexity index is 1290. The molecule has 1 aliphatic rings. The summed E-state index contributed by atoms with van der Waals surface area (Å²) in [5.41, 5.74) is 3.52. The predicted octanol–water partition coefficient (Wildman–Crippen LogP) is 5.43. The minimum atomic E-state index is -0.603. The Morgan fingerprint density at radius 1 is 1.09 bits per heavy atom. The Kier molecular flexibility index (Phi) is 5.60. The van der Waals surface area contributed by atoms with Gasteiger partial charge in [-0.25, -0.2) is 4.39 Å². The van der Waals surface area contributed by atoms with E-state index in [0.29, 0.717) is 25.2 Å². The first-order valence-corrected chi connectivity index (χ1v) is 10.9. The maximum absolute atomic E-state index is 14.4. The highest BCUT2D eigenvalue weighted by Gasteiger charge is 2.18. The van der Waals surface area contributed by atoms with Crippen molar-refractivity contribution in [3.8, 4) is 10.6 Å². The molecule has 1 aliphatic heterocycles. The number of hydrogen-bond acceptors (Lipinski definition) is 7. The standard InChI is InChI=1S/C23H18FN3O4S/c24-18-11-17(27(28)29)4-2-14(18)10-15-6-7-25-20-12-21(32-22(15)20)19-5-3-16(13-26-19)23-30-8-1-9-31-23/h2-7,11-13,23H,1,8-10H2. The molecule has 0 spiro atoms. The van der Waals surface area contributed by atoms with Crippen molar-refractivity contribution in [2.75, 3.05) is 13.2 Å². The lowest BCUT2D eigenvalue weighted by Crippen LogP contribution is -2.17. The zero-order valence-corrected chi connectivity index (χ0v) is 17.7. The van der Waals surface area contributed by atoms with E-state index in [2.05, 4.69) is 9.97 Å².